The Hall–Kier alpha value is -0.930. The molecule has 5 heteroatoms. The van der Waals surface area contributed by atoms with Crippen molar-refractivity contribution in [1.29, 1.82) is 0 Å². The molecule has 2 rings (SSSR count). The van der Waals surface area contributed by atoms with E-state index in [9.17, 15) is 4.57 Å². The number of hydrogen-bond donors (Lipinski definition) is 3. The summed E-state index contributed by atoms with van der Waals surface area (Å²) in [6.07, 6.45) is 4.17. The minimum Gasteiger partial charge on any atom is -0.321 e. The maximum absolute atomic E-state index is 11.2. The molecule has 23 heavy (non-hydrogen) atoms. The van der Waals surface area contributed by atoms with Gasteiger partial charge in [0.25, 0.3) is 0 Å². The Morgan fingerprint density at radius 2 is 1.91 bits per heavy atom. The molecule has 1 aliphatic rings. The van der Waals surface area contributed by atoms with Crippen molar-refractivity contribution < 1.29 is 14.4 Å². The molecule has 1 aromatic carbocycles. The van der Waals surface area contributed by atoms with Crippen LogP contribution >= 0.6 is 7.60 Å². The van der Waals surface area contributed by atoms with Crippen LogP contribution < -0.4 is 10.6 Å². The van der Waals surface area contributed by atoms with Crippen molar-refractivity contribution in [3.63, 3.8) is 0 Å². The summed E-state index contributed by atoms with van der Waals surface area (Å²) in [6.45, 7) is 7.81. The highest BCUT2D eigenvalue weighted by Gasteiger charge is 2.22. The van der Waals surface area contributed by atoms with Gasteiger partial charge in [-0.05, 0) is 55.8 Å². The molecule has 1 aliphatic heterocycles. The zero-order valence-electron chi connectivity index (χ0n) is 14.2. The van der Waals surface area contributed by atoms with E-state index >= 15 is 0 Å². The monoisotopic (exact) mass is 337 g/mol. The van der Waals surface area contributed by atoms with Crippen LogP contribution in [0.3, 0.4) is 0 Å². The van der Waals surface area contributed by atoms with Crippen molar-refractivity contribution in [3.8, 4) is 0 Å². The van der Waals surface area contributed by atoms with Crippen LogP contribution in [0, 0.1) is 5.92 Å². The van der Waals surface area contributed by atoms with Gasteiger partial charge in [-0.3, -0.25) is 4.57 Å². The van der Waals surface area contributed by atoms with Gasteiger partial charge in [-0.2, -0.15) is 0 Å². The molecule has 1 heterocycles. The third kappa shape index (κ3) is 4.77. The van der Waals surface area contributed by atoms with Crippen LogP contribution in [0.15, 0.2) is 35.4 Å². The molecule has 3 N–H and O–H groups in total. The van der Waals surface area contributed by atoms with Crippen molar-refractivity contribution in [2.45, 2.75) is 52.5 Å². The Balaban J connectivity index is 2.05. The van der Waals surface area contributed by atoms with Crippen LogP contribution in [-0.4, -0.2) is 22.4 Å². The number of benzene rings is 1. The molecule has 0 amide bonds. The van der Waals surface area contributed by atoms with Crippen molar-refractivity contribution in [3.05, 3.63) is 41.0 Å². The number of aryl methyl sites for hydroxylation is 1. The van der Waals surface area contributed by atoms with Crippen LogP contribution in [0.2, 0.25) is 0 Å². The SMILES string of the molecule is CCC1=C(C(C)C)CCN[C@H]1CCc1ccc(P(=O)(O)O)cc1. The van der Waals surface area contributed by atoms with Crippen molar-refractivity contribution in [2.24, 2.45) is 5.92 Å². The second-order valence-corrected chi connectivity index (χ2v) is 8.17. The highest BCUT2D eigenvalue weighted by atomic mass is 31.2. The zero-order chi connectivity index (χ0) is 17.0. The van der Waals surface area contributed by atoms with E-state index in [0.717, 1.165) is 37.8 Å². The minimum absolute atomic E-state index is 0.0910. The smallest absolute Gasteiger partial charge is 0.321 e. The zero-order valence-corrected chi connectivity index (χ0v) is 15.1. The quantitative estimate of drug-likeness (QED) is 0.551. The van der Waals surface area contributed by atoms with E-state index in [1.165, 1.54) is 0 Å². The second-order valence-electron chi connectivity index (χ2n) is 6.56. The molecule has 0 saturated carbocycles. The van der Waals surface area contributed by atoms with Gasteiger partial charge in [-0.1, -0.05) is 44.1 Å². The lowest BCUT2D eigenvalue weighted by molar-refractivity contribution is 0.387. The van der Waals surface area contributed by atoms with Gasteiger partial charge in [-0.15, -0.1) is 0 Å². The molecular formula is C18H28NO3P. The molecule has 0 aliphatic carbocycles. The lowest BCUT2D eigenvalue weighted by Crippen LogP contribution is -2.37. The van der Waals surface area contributed by atoms with E-state index in [0.29, 0.717) is 12.0 Å². The van der Waals surface area contributed by atoms with Crippen molar-refractivity contribution in [2.75, 3.05) is 6.54 Å². The van der Waals surface area contributed by atoms with E-state index in [4.69, 9.17) is 9.79 Å². The molecule has 0 bridgehead atoms. The summed E-state index contributed by atoms with van der Waals surface area (Å²) >= 11 is 0. The first-order valence-corrected chi connectivity index (χ1v) is 10.0. The molecular weight excluding hydrogens is 309 g/mol. The molecule has 0 aromatic heterocycles. The van der Waals surface area contributed by atoms with Gasteiger partial charge in [0.15, 0.2) is 0 Å². The summed E-state index contributed by atoms with van der Waals surface area (Å²) < 4.78 is 11.2. The van der Waals surface area contributed by atoms with Crippen molar-refractivity contribution >= 4 is 12.9 Å². The molecule has 128 valence electrons. The highest BCUT2D eigenvalue weighted by molar-refractivity contribution is 7.60. The summed E-state index contributed by atoms with van der Waals surface area (Å²) in [4.78, 5) is 18.3. The molecule has 0 saturated heterocycles. The average Bonchev–Trinajstić information content (AvgIpc) is 2.51. The third-order valence-corrected chi connectivity index (χ3v) is 5.66. The van der Waals surface area contributed by atoms with Gasteiger partial charge in [-0.25, -0.2) is 0 Å². The Labute approximate surface area is 139 Å². The molecule has 0 unspecified atom stereocenters. The Morgan fingerprint density at radius 1 is 1.26 bits per heavy atom. The second kappa shape index (κ2) is 7.76. The van der Waals surface area contributed by atoms with Crippen LogP contribution in [0.25, 0.3) is 0 Å². The summed E-state index contributed by atoms with van der Waals surface area (Å²) in [5.74, 6) is 0.608. The molecule has 0 radical (unpaired) electrons. The van der Waals surface area contributed by atoms with Gasteiger partial charge in [0.1, 0.15) is 0 Å². The first kappa shape index (κ1) is 18.4. The van der Waals surface area contributed by atoms with Gasteiger partial charge in [0, 0.05) is 6.04 Å². The minimum atomic E-state index is -4.14. The fourth-order valence-electron chi connectivity index (χ4n) is 3.47. The van der Waals surface area contributed by atoms with E-state index in [1.54, 1.807) is 23.3 Å². The van der Waals surface area contributed by atoms with Crippen LogP contribution in [0.1, 0.15) is 45.6 Å². The standard InChI is InChI=1S/C18H28NO3P/c1-4-16-17(13(2)3)11-12-19-18(16)10-7-14-5-8-15(9-6-14)23(20,21)22/h5-6,8-9,13,18-19H,4,7,10-12H2,1-3H3,(H2,20,21,22)/t18-/m0/s1. The summed E-state index contributed by atoms with van der Waals surface area (Å²) in [6, 6.07) is 7.17. The van der Waals surface area contributed by atoms with Crippen molar-refractivity contribution in [1.82, 2.24) is 5.32 Å². The van der Waals surface area contributed by atoms with Gasteiger partial charge < -0.3 is 15.1 Å². The molecule has 0 spiro atoms. The summed E-state index contributed by atoms with van der Waals surface area (Å²) in [7, 11) is -4.14. The molecule has 1 atom stereocenters. The maximum Gasteiger partial charge on any atom is 0.356 e. The topological polar surface area (TPSA) is 69.6 Å². The Bertz CT molecular complexity index is 601. The maximum atomic E-state index is 11.2. The normalized spacial score (nSPS) is 19.5. The third-order valence-electron chi connectivity index (χ3n) is 4.69. The van der Waals surface area contributed by atoms with E-state index in [-0.39, 0.29) is 5.30 Å². The number of rotatable bonds is 6. The highest BCUT2D eigenvalue weighted by Crippen LogP contribution is 2.33. The fraction of sp³-hybridized carbons (Fsp3) is 0.556. The predicted molar refractivity (Wildman–Crippen MR) is 95.0 cm³/mol. The summed E-state index contributed by atoms with van der Waals surface area (Å²) in [5.41, 5.74) is 4.28. The van der Waals surface area contributed by atoms with Crippen LogP contribution in [0.4, 0.5) is 0 Å². The van der Waals surface area contributed by atoms with Crippen LogP contribution in [-0.2, 0) is 11.0 Å². The van der Waals surface area contributed by atoms with Gasteiger partial charge in [0.05, 0.1) is 5.30 Å². The molecule has 4 nitrogen and oxygen atoms in total. The fourth-order valence-corrected chi connectivity index (χ4v) is 4.00. The summed E-state index contributed by atoms with van der Waals surface area (Å²) in [5, 5.41) is 3.72. The lowest BCUT2D eigenvalue weighted by atomic mass is 9.84. The molecule has 1 aromatic rings. The lowest BCUT2D eigenvalue weighted by Gasteiger charge is -2.31. The van der Waals surface area contributed by atoms with E-state index in [2.05, 4.69) is 26.1 Å². The Kier molecular flexibility index (Phi) is 6.21. The van der Waals surface area contributed by atoms with Gasteiger partial charge >= 0.3 is 7.60 Å². The number of hydrogen-bond acceptors (Lipinski definition) is 2. The van der Waals surface area contributed by atoms with Gasteiger partial charge in [0.2, 0.25) is 0 Å². The van der Waals surface area contributed by atoms with E-state index in [1.807, 2.05) is 12.1 Å². The van der Waals surface area contributed by atoms with Crippen LogP contribution in [0.5, 0.6) is 0 Å². The largest absolute Gasteiger partial charge is 0.356 e. The average molecular weight is 337 g/mol. The van der Waals surface area contributed by atoms with E-state index < -0.39 is 7.60 Å². The molecule has 0 fully saturated rings. The Morgan fingerprint density at radius 3 is 2.43 bits per heavy atom. The predicted octanol–water partition coefficient (Wildman–Crippen LogP) is 3.15. The number of nitrogens with one attached hydrogen (secondary N) is 1. The first-order chi connectivity index (χ1) is 10.8. The first-order valence-electron chi connectivity index (χ1n) is 8.43.